The number of carbonyl (C=O) groups excluding carboxylic acids is 2. The van der Waals surface area contributed by atoms with E-state index in [1.165, 1.54) is 0 Å². The molecule has 3 rings (SSSR count). The molecule has 0 aromatic heterocycles. The second kappa shape index (κ2) is 10.3. The molecule has 3 aromatic rings. The van der Waals surface area contributed by atoms with Gasteiger partial charge in [-0.3, -0.25) is 9.59 Å². The molecule has 0 aliphatic rings. The lowest BCUT2D eigenvalue weighted by molar-refractivity contribution is -0.149. The topological polar surface area (TPSA) is 73.9 Å². The molecule has 0 bridgehead atoms. The summed E-state index contributed by atoms with van der Waals surface area (Å²) in [7, 11) is 1.55. The van der Waals surface area contributed by atoms with Gasteiger partial charge in [0, 0.05) is 0 Å². The van der Waals surface area contributed by atoms with Gasteiger partial charge in [0.2, 0.25) is 0 Å². The van der Waals surface area contributed by atoms with Crippen molar-refractivity contribution in [1.82, 2.24) is 5.32 Å². The number of hydrogen-bond donors (Lipinski definition) is 1. The van der Waals surface area contributed by atoms with Gasteiger partial charge < -0.3 is 19.5 Å². The van der Waals surface area contributed by atoms with Crippen molar-refractivity contribution in [1.29, 1.82) is 0 Å². The van der Waals surface area contributed by atoms with Crippen molar-refractivity contribution in [3.05, 3.63) is 72.3 Å². The first kappa shape index (κ1) is 21.2. The first-order valence-electron chi connectivity index (χ1n) is 9.77. The Bertz CT molecular complexity index is 1010. The summed E-state index contributed by atoms with van der Waals surface area (Å²) in [6.45, 7) is 1.71. The predicted molar refractivity (Wildman–Crippen MR) is 115 cm³/mol. The number of benzene rings is 3. The predicted octanol–water partition coefficient (Wildman–Crippen LogP) is 4.04. The Kier molecular flexibility index (Phi) is 7.27. The van der Waals surface area contributed by atoms with E-state index in [-0.39, 0.29) is 31.6 Å². The second-order valence-electron chi connectivity index (χ2n) is 6.77. The van der Waals surface area contributed by atoms with Crippen LogP contribution in [0.2, 0.25) is 0 Å². The van der Waals surface area contributed by atoms with E-state index >= 15 is 0 Å². The number of fused-ring (bicyclic) bond motifs is 1. The molecule has 1 amide bonds. The second-order valence-corrected chi connectivity index (χ2v) is 6.77. The van der Waals surface area contributed by atoms with E-state index in [0.717, 1.165) is 16.3 Å². The minimum Gasteiger partial charge on any atom is -0.493 e. The maximum absolute atomic E-state index is 12.2. The van der Waals surface area contributed by atoms with Gasteiger partial charge in [0.05, 0.1) is 26.2 Å². The van der Waals surface area contributed by atoms with E-state index in [2.05, 4.69) is 5.32 Å². The highest BCUT2D eigenvalue weighted by atomic mass is 16.5. The molecular formula is C24H25NO5. The lowest BCUT2D eigenvalue weighted by atomic mass is 10.00. The summed E-state index contributed by atoms with van der Waals surface area (Å²) < 4.78 is 15.8. The lowest BCUT2D eigenvalue weighted by Gasteiger charge is -2.16. The molecule has 0 heterocycles. The summed E-state index contributed by atoms with van der Waals surface area (Å²) in [5, 5.41) is 5.07. The standard InChI is InChI=1S/C24H25NO5/c1-17(19-11-7-9-18-8-3-4-10-20(18)19)25-23(26)16-30-24(27)14-15-29-22-13-6-5-12-21(22)28-2/h3-13,17H,14-16H2,1-2H3,(H,25,26). The number of methoxy groups -OCH3 is 1. The number of esters is 1. The number of para-hydroxylation sites is 2. The van der Waals surface area contributed by atoms with Gasteiger partial charge in [-0.2, -0.15) is 0 Å². The Labute approximate surface area is 175 Å². The summed E-state index contributed by atoms with van der Waals surface area (Å²) in [5.74, 6) is 0.286. The van der Waals surface area contributed by atoms with Crippen LogP contribution in [0, 0.1) is 0 Å². The molecule has 156 valence electrons. The fourth-order valence-corrected chi connectivity index (χ4v) is 3.19. The molecule has 1 unspecified atom stereocenters. The van der Waals surface area contributed by atoms with Crippen molar-refractivity contribution in [3.8, 4) is 11.5 Å². The number of amides is 1. The molecule has 6 nitrogen and oxygen atoms in total. The van der Waals surface area contributed by atoms with Crippen molar-refractivity contribution in [2.24, 2.45) is 0 Å². The van der Waals surface area contributed by atoms with E-state index in [1.807, 2.05) is 61.5 Å². The molecule has 0 radical (unpaired) electrons. The number of rotatable bonds is 9. The Morgan fingerprint density at radius 1 is 0.933 bits per heavy atom. The molecular weight excluding hydrogens is 382 g/mol. The zero-order chi connectivity index (χ0) is 21.3. The van der Waals surface area contributed by atoms with Crippen LogP contribution in [-0.4, -0.2) is 32.2 Å². The van der Waals surface area contributed by atoms with E-state index in [9.17, 15) is 9.59 Å². The third kappa shape index (κ3) is 5.50. The summed E-state index contributed by atoms with van der Waals surface area (Å²) in [6, 6.07) is 20.9. The zero-order valence-corrected chi connectivity index (χ0v) is 17.1. The Morgan fingerprint density at radius 3 is 2.43 bits per heavy atom. The van der Waals surface area contributed by atoms with Gasteiger partial charge in [-0.05, 0) is 35.4 Å². The Morgan fingerprint density at radius 2 is 1.63 bits per heavy atom. The van der Waals surface area contributed by atoms with E-state index < -0.39 is 5.97 Å². The van der Waals surface area contributed by atoms with E-state index in [1.54, 1.807) is 19.2 Å². The average Bonchev–Trinajstić information content (AvgIpc) is 2.77. The van der Waals surface area contributed by atoms with Crippen molar-refractivity contribution >= 4 is 22.6 Å². The molecule has 0 saturated heterocycles. The fraction of sp³-hybridized carbons (Fsp3) is 0.250. The highest BCUT2D eigenvalue weighted by Crippen LogP contribution is 2.26. The normalized spacial score (nSPS) is 11.5. The Hall–Kier alpha value is -3.54. The zero-order valence-electron chi connectivity index (χ0n) is 17.1. The van der Waals surface area contributed by atoms with Crippen molar-refractivity contribution in [2.45, 2.75) is 19.4 Å². The molecule has 0 fully saturated rings. The van der Waals surface area contributed by atoms with Gasteiger partial charge in [0.15, 0.2) is 18.1 Å². The number of carbonyl (C=O) groups is 2. The van der Waals surface area contributed by atoms with Crippen molar-refractivity contribution in [2.75, 3.05) is 20.3 Å². The van der Waals surface area contributed by atoms with Gasteiger partial charge in [0.25, 0.3) is 5.91 Å². The minimum atomic E-state index is -0.502. The van der Waals surface area contributed by atoms with Crippen molar-refractivity contribution < 1.29 is 23.8 Å². The monoisotopic (exact) mass is 407 g/mol. The summed E-state index contributed by atoms with van der Waals surface area (Å²) in [4.78, 5) is 24.1. The molecule has 3 aromatic carbocycles. The molecule has 6 heteroatoms. The quantitative estimate of drug-likeness (QED) is 0.542. The van der Waals surface area contributed by atoms with Gasteiger partial charge in [-0.25, -0.2) is 0 Å². The molecule has 30 heavy (non-hydrogen) atoms. The summed E-state index contributed by atoms with van der Waals surface area (Å²) >= 11 is 0. The number of hydrogen-bond acceptors (Lipinski definition) is 5. The van der Waals surface area contributed by atoms with E-state index in [4.69, 9.17) is 14.2 Å². The van der Waals surface area contributed by atoms with Gasteiger partial charge >= 0.3 is 5.97 Å². The summed E-state index contributed by atoms with van der Waals surface area (Å²) in [5.41, 5.74) is 1.01. The van der Waals surface area contributed by atoms with Gasteiger partial charge in [0.1, 0.15) is 0 Å². The minimum absolute atomic E-state index is 0.0319. The van der Waals surface area contributed by atoms with Crippen LogP contribution in [-0.2, 0) is 14.3 Å². The Balaban J connectivity index is 1.44. The van der Waals surface area contributed by atoms with Crippen LogP contribution in [0.5, 0.6) is 11.5 Å². The third-order valence-corrected chi connectivity index (χ3v) is 4.66. The maximum atomic E-state index is 12.2. The molecule has 0 aliphatic heterocycles. The smallest absolute Gasteiger partial charge is 0.309 e. The molecule has 0 saturated carbocycles. The number of ether oxygens (including phenoxy) is 3. The molecule has 1 N–H and O–H groups in total. The van der Waals surface area contributed by atoms with Crippen LogP contribution in [0.25, 0.3) is 10.8 Å². The summed E-state index contributed by atoms with van der Waals surface area (Å²) in [6.07, 6.45) is 0.0319. The van der Waals surface area contributed by atoms with Crippen LogP contribution in [0.1, 0.15) is 24.9 Å². The third-order valence-electron chi connectivity index (χ3n) is 4.66. The lowest BCUT2D eigenvalue weighted by Crippen LogP contribution is -2.31. The van der Waals surface area contributed by atoms with Crippen LogP contribution in [0.4, 0.5) is 0 Å². The van der Waals surface area contributed by atoms with Crippen LogP contribution < -0.4 is 14.8 Å². The maximum Gasteiger partial charge on any atom is 0.309 e. The van der Waals surface area contributed by atoms with Crippen LogP contribution >= 0.6 is 0 Å². The van der Waals surface area contributed by atoms with E-state index in [0.29, 0.717) is 11.5 Å². The fourth-order valence-electron chi connectivity index (χ4n) is 3.19. The molecule has 0 aliphatic carbocycles. The molecule has 1 atom stereocenters. The number of nitrogens with one attached hydrogen (secondary N) is 1. The molecule has 0 spiro atoms. The first-order chi connectivity index (χ1) is 14.6. The highest BCUT2D eigenvalue weighted by molar-refractivity contribution is 5.87. The average molecular weight is 407 g/mol. The van der Waals surface area contributed by atoms with Crippen LogP contribution in [0.15, 0.2) is 66.7 Å². The van der Waals surface area contributed by atoms with Gasteiger partial charge in [-0.15, -0.1) is 0 Å². The highest BCUT2D eigenvalue weighted by Gasteiger charge is 2.14. The first-order valence-corrected chi connectivity index (χ1v) is 9.77. The van der Waals surface area contributed by atoms with Gasteiger partial charge in [-0.1, -0.05) is 54.6 Å². The van der Waals surface area contributed by atoms with Crippen LogP contribution in [0.3, 0.4) is 0 Å². The van der Waals surface area contributed by atoms with Crippen molar-refractivity contribution in [3.63, 3.8) is 0 Å². The largest absolute Gasteiger partial charge is 0.493 e. The SMILES string of the molecule is COc1ccccc1OCCC(=O)OCC(=O)NC(C)c1cccc2ccccc12.